The maximum atomic E-state index is 12.3. The van der Waals surface area contributed by atoms with Gasteiger partial charge >= 0.3 is 0 Å². The lowest BCUT2D eigenvalue weighted by Gasteiger charge is -2.22. The Kier molecular flexibility index (Phi) is 4.14. The van der Waals surface area contributed by atoms with Crippen LogP contribution >= 0.6 is 23.1 Å². The molecule has 1 aliphatic rings. The van der Waals surface area contributed by atoms with Crippen molar-refractivity contribution < 1.29 is 8.42 Å². The average molecular weight is 292 g/mol. The molecular weight excluding hydrogens is 276 g/mol. The highest BCUT2D eigenvalue weighted by Crippen LogP contribution is 2.29. The van der Waals surface area contributed by atoms with Gasteiger partial charge in [-0.3, -0.25) is 0 Å². The van der Waals surface area contributed by atoms with Crippen LogP contribution in [0.5, 0.6) is 0 Å². The van der Waals surface area contributed by atoms with Gasteiger partial charge in [-0.25, -0.2) is 8.42 Å². The second kappa shape index (κ2) is 5.27. The number of thiophene rings is 1. The van der Waals surface area contributed by atoms with Crippen molar-refractivity contribution in [3.8, 4) is 0 Å². The summed E-state index contributed by atoms with van der Waals surface area (Å²) >= 11 is 3.06. The standard InChI is InChI=1S/C10H16N2O2S3/c1-12(9-2-3-15-7-9)17(13,14)10-4-8(5-11)6-16-10/h4,6,9H,2-3,5,7,11H2,1H3. The van der Waals surface area contributed by atoms with Crippen molar-refractivity contribution >= 4 is 33.1 Å². The van der Waals surface area contributed by atoms with Crippen molar-refractivity contribution in [2.45, 2.75) is 23.2 Å². The van der Waals surface area contributed by atoms with Gasteiger partial charge in [-0.05, 0) is 29.2 Å². The molecule has 0 bridgehead atoms. The summed E-state index contributed by atoms with van der Waals surface area (Å²) in [5.74, 6) is 1.94. The van der Waals surface area contributed by atoms with E-state index in [1.54, 1.807) is 13.1 Å². The molecule has 1 aromatic rings. The number of nitrogens with zero attached hydrogens (tertiary/aromatic N) is 1. The van der Waals surface area contributed by atoms with E-state index in [1.807, 2.05) is 17.1 Å². The van der Waals surface area contributed by atoms with Gasteiger partial charge < -0.3 is 5.73 Å². The minimum atomic E-state index is -3.33. The fourth-order valence-electron chi connectivity index (χ4n) is 1.74. The van der Waals surface area contributed by atoms with Gasteiger partial charge in [0.25, 0.3) is 10.0 Å². The molecule has 2 rings (SSSR count). The van der Waals surface area contributed by atoms with E-state index in [9.17, 15) is 8.42 Å². The van der Waals surface area contributed by atoms with Crippen LogP contribution in [0.2, 0.25) is 0 Å². The van der Waals surface area contributed by atoms with Crippen LogP contribution < -0.4 is 5.73 Å². The molecule has 1 atom stereocenters. The van der Waals surface area contributed by atoms with Crippen molar-refractivity contribution in [3.05, 3.63) is 17.0 Å². The van der Waals surface area contributed by atoms with Crippen LogP contribution in [-0.2, 0) is 16.6 Å². The van der Waals surface area contributed by atoms with E-state index in [2.05, 4.69) is 0 Å². The highest BCUT2D eigenvalue weighted by molar-refractivity contribution is 7.99. The normalized spacial score (nSPS) is 21.2. The molecule has 1 unspecified atom stereocenters. The van der Waals surface area contributed by atoms with E-state index in [-0.39, 0.29) is 6.04 Å². The van der Waals surface area contributed by atoms with E-state index < -0.39 is 10.0 Å². The smallest absolute Gasteiger partial charge is 0.252 e. The first-order valence-electron chi connectivity index (χ1n) is 5.39. The highest BCUT2D eigenvalue weighted by atomic mass is 32.2. The lowest BCUT2D eigenvalue weighted by atomic mass is 10.3. The first-order valence-corrected chi connectivity index (χ1v) is 8.86. The van der Waals surface area contributed by atoms with Crippen LogP contribution in [-0.4, -0.2) is 37.3 Å². The minimum Gasteiger partial charge on any atom is -0.326 e. The third-order valence-electron chi connectivity index (χ3n) is 2.92. The Morgan fingerprint density at radius 2 is 2.35 bits per heavy atom. The van der Waals surface area contributed by atoms with Crippen LogP contribution in [0.4, 0.5) is 0 Å². The molecule has 0 aromatic carbocycles. The quantitative estimate of drug-likeness (QED) is 0.909. The Labute approximate surface area is 110 Å². The molecule has 1 aromatic heterocycles. The Morgan fingerprint density at radius 1 is 1.59 bits per heavy atom. The van der Waals surface area contributed by atoms with Crippen molar-refractivity contribution in [3.63, 3.8) is 0 Å². The summed E-state index contributed by atoms with van der Waals surface area (Å²) in [5.41, 5.74) is 6.38. The predicted octanol–water partition coefficient (Wildman–Crippen LogP) is 1.33. The van der Waals surface area contributed by atoms with E-state index in [4.69, 9.17) is 5.73 Å². The Morgan fingerprint density at radius 3 is 2.88 bits per heavy atom. The van der Waals surface area contributed by atoms with Crippen molar-refractivity contribution in [1.82, 2.24) is 4.31 Å². The summed E-state index contributed by atoms with van der Waals surface area (Å²) in [6.45, 7) is 0.384. The molecule has 4 nitrogen and oxygen atoms in total. The summed E-state index contributed by atoms with van der Waals surface area (Å²) in [6.07, 6.45) is 0.940. The van der Waals surface area contributed by atoms with Crippen LogP contribution in [0.3, 0.4) is 0 Å². The summed E-state index contributed by atoms with van der Waals surface area (Å²) in [7, 11) is -1.65. The molecule has 0 aliphatic carbocycles. The maximum absolute atomic E-state index is 12.3. The predicted molar refractivity (Wildman–Crippen MR) is 72.9 cm³/mol. The maximum Gasteiger partial charge on any atom is 0.252 e. The minimum absolute atomic E-state index is 0.133. The van der Waals surface area contributed by atoms with Gasteiger partial charge in [-0.2, -0.15) is 16.1 Å². The molecule has 17 heavy (non-hydrogen) atoms. The topological polar surface area (TPSA) is 63.4 Å². The molecular formula is C10H16N2O2S3. The lowest BCUT2D eigenvalue weighted by molar-refractivity contribution is 0.395. The SMILES string of the molecule is CN(C1CCSC1)S(=O)(=O)c1cc(CN)cs1. The Bertz CT molecular complexity index is 477. The van der Waals surface area contributed by atoms with E-state index in [0.29, 0.717) is 10.8 Å². The highest BCUT2D eigenvalue weighted by Gasteiger charge is 2.31. The van der Waals surface area contributed by atoms with Gasteiger partial charge in [-0.1, -0.05) is 0 Å². The van der Waals surface area contributed by atoms with Gasteiger partial charge in [0, 0.05) is 25.4 Å². The summed E-state index contributed by atoms with van der Waals surface area (Å²) in [5, 5.41) is 1.81. The molecule has 0 spiro atoms. The molecule has 0 amide bonds. The van der Waals surface area contributed by atoms with Gasteiger partial charge in [-0.15, -0.1) is 11.3 Å². The third-order valence-corrected chi connectivity index (χ3v) is 7.44. The second-order valence-corrected chi connectivity index (χ2v) is 8.30. The zero-order valence-electron chi connectivity index (χ0n) is 9.63. The van der Waals surface area contributed by atoms with Crippen LogP contribution in [0.1, 0.15) is 12.0 Å². The first-order chi connectivity index (χ1) is 8.05. The lowest BCUT2D eigenvalue weighted by Crippen LogP contribution is -2.36. The summed E-state index contributed by atoms with van der Waals surface area (Å²) < 4.78 is 26.6. The Hall–Kier alpha value is -0.0800. The number of thioether (sulfide) groups is 1. The number of sulfonamides is 1. The van der Waals surface area contributed by atoms with Gasteiger partial charge in [0.1, 0.15) is 4.21 Å². The molecule has 0 radical (unpaired) electrons. The van der Waals surface area contributed by atoms with Crippen molar-refractivity contribution in [2.24, 2.45) is 5.73 Å². The zero-order chi connectivity index (χ0) is 12.5. The van der Waals surface area contributed by atoms with E-state index in [0.717, 1.165) is 23.5 Å². The number of hydrogen-bond acceptors (Lipinski definition) is 5. The van der Waals surface area contributed by atoms with Gasteiger partial charge in [0.05, 0.1) is 0 Å². The molecule has 2 heterocycles. The molecule has 7 heteroatoms. The fraction of sp³-hybridized carbons (Fsp3) is 0.600. The van der Waals surface area contributed by atoms with E-state index >= 15 is 0 Å². The molecule has 2 N–H and O–H groups in total. The van der Waals surface area contributed by atoms with Crippen LogP contribution in [0.15, 0.2) is 15.7 Å². The number of rotatable bonds is 4. The summed E-state index contributed by atoms with van der Waals surface area (Å²) in [4.78, 5) is 0. The third kappa shape index (κ3) is 2.68. The van der Waals surface area contributed by atoms with Gasteiger partial charge in [0.15, 0.2) is 0 Å². The number of hydrogen-bond donors (Lipinski definition) is 1. The van der Waals surface area contributed by atoms with E-state index in [1.165, 1.54) is 15.6 Å². The van der Waals surface area contributed by atoms with Crippen molar-refractivity contribution in [1.29, 1.82) is 0 Å². The summed E-state index contributed by atoms with van der Waals surface area (Å²) in [6, 6.07) is 1.81. The van der Waals surface area contributed by atoms with Crippen molar-refractivity contribution in [2.75, 3.05) is 18.6 Å². The second-order valence-electron chi connectivity index (χ2n) is 4.02. The zero-order valence-corrected chi connectivity index (χ0v) is 12.1. The number of nitrogens with two attached hydrogens (primary N) is 1. The Balaban J connectivity index is 2.22. The molecule has 0 saturated carbocycles. The first kappa shape index (κ1) is 13.4. The largest absolute Gasteiger partial charge is 0.326 e. The van der Waals surface area contributed by atoms with Gasteiger partial charge in [0.2, 0.25) is 0 Å². The van der Waals surface area contributed by atoms with Crippen LogP contribution in [0.25, 0.3) is 0 Å². The molecule has 1 aliphatic heterocycles. The molecule has 1 fully saturated rings. The molecule has 1 saturated heterocycles. The average Bonchev–Trinajstić information content (AvgIpc) is 2.98. The fourth-order valence-corrected chi connectivity index (χ4v) is 5.90. The monoisotopic (exact) mass is 292 g/mol. The van der Waals surface area contributed by atoms with Crippen LogP contribution in [0, 0.1) is 0 Å². The molecule has 96 valence electrons.